The first kappa shape index (κ1) is 14.6. The van der Waals surface area contributed by atoms with Crippen molar-refractivity contribution in [2.75, 3.05) is 43.4 Å². The minimum atomic E-state index is 0.718. The fourth-order valence-electron chi connectivity index (χ4n) is 3.77. The zero-order valence-corrected chi connectivity index (χ0v) is 13.3. The topological polar surface area (TPSA) is 44.3 Å². The van der Waals surface area contributed by atoms with Crippen molar-refractivity contribution in [3.8, 4) is 0 Å². The summed E-state index contributed by atoms with van der Waals surface area (Å²) in [4.78, 5) is 14.2. The van der Waals surface area contributed by atoms with Crippen LogP contribution in [0, 0.1) is 0 Å². The van der Waals surface area contributed by atoms with E-state index in [-0.39, 0.29) is 0 Å². The Labute approximate surface area is 127 Å². The standard InChI is InChI=1S/C16H27N5/c1-3-6-14-15(17-2)18-12-19-16(14)21-10-5-9-20-8-4-7-13(20)11-21/h12-13H,3-11H2,1-2H3,(H,17,18,19). The maximum Gasteiger partial charge on any atom is 0.137 e. The Morgan fingerprint density at radius 2 is 2.10 bits per heavy atom. The van der Waals surface area contributed by atoms with Crippen LogP contribution >= 0.6 is 0 Å². The van der Waals surface area contributed by atoms with Gasteiger partial charge in [-0.1, -0.05) is 13.3 Å². The highest BCUT2D eigenvalue weighted by Crippen LogP contribution is 2.29. The van der Waals surface area contributed by atoms with E-state index in [1.54, 1.807) is 6.33 Å². The molecule has 1 N–H and O–H groups in total. The molecule has 0 bridgehead atoms. The van der Waals surface area contributed by atoms with E-state index in [1.807, 2.05) is 7.05 Å². The third-order valence-electron chi connectivity index (χ3n) is 4.76. The molecule has 0 amide bonds. The van der Waals surface area contributed by atoms with E-state index < -0.39 is 0 Å². The lowest BCUT2D eigenvalue weighted by atomic mass is 10.1. The molecule has 1 aromatic heterocycles. The molecular weight excluding hydrogens is 262 g/mol. The van der Waals surface area contributed by atoms with Crippen LogP contribution in [-0.2, 0) is 6.42 Å². The van der Waals surface area contributed by atoms with Crippen molar-refractivity contribution in [1.82, 2.24) is 14.9 Å². The monoisotopic (exact) mass is 289 g/mol. The van der Waals surface area contributed by atoms with Gasteiger partial charge in [-0.05, 0) is 32.2 Å². The van der Waals surface area contributed by atoms with Crippen LogP contribution in [0.4, 0.5) is 11.6 Å². The fraction of sp³-hybridized carbons (Fsp3) is 0.750. The lowest BCUT2D eigenvalue weighted by Gasteiger charge is -2.28. The molecule has 1 unspecified atom stereocenters. The number of rotatable bonds is 4. The highest BCUT2D eigenvalue weighted by atomic mass is 15.3. The Morgan fingerprint density at radius 1 is 1.24 bits per heavy atom. The molecule has 5 heteroatoms. The first-order valence-corrected chi connectivity index (χ1v) is 8.34. The van der Waals surface area contributed by atoms with Crippen LogP contribution in [0.25, 0.3) is 0 Å². The van der Waals surface area contributed by atoms with Crippen molar-refractivity contribution in [3.63, 3.8) is 0 Å². The summed E-state index contributed by atoms with van der Waals surface area (Å²) in [6.45, 7) is 6.98. The van der Waals surface area contributed by atoms with Gasteiger partial charge in [-0.25, -0.2) is 9.97 Å². The van der Waals surface area contributed by atoms with Gasteiger partial charge >= 0.3 is 0 Å². The van der Waals surface area contributed by atoms with E-state index >= 15 is 0 Å². The van der Waals surface area contributed by atoms with Crippen molar-refractivity contribution in [2.45, 2.75) is 45.1 Å². The van der Waals surface area contributed by atoms with Gasteiger partial charge in [0.1, 0.15) is 18.0 Å². The van der Waals surface area contributed by atoms with Crippen LogP contribution in [0.15, 0.2) is 6.33 Å². The van der Waals surface area contributed by atoms with Gasteiger partial charge in [0.25, 0.3) is 0 Å². The molecule has 2 aliphatic heterocycles. The Hall–Kier alpha value is -1.36. The van der Waals surface area contributed by atoms with Crippen molar-refractivity contribution < 1.29 is 0 Å². The van der Waals surface area contributed by atoms with Crippen LogP contribution < -0.4 is 10.2 Å². The molecule has 3 rings (SSSR count). The maximum atomic E-state index is 4.64. The molecule has 0 radical (unpaired) electrons. The lowest BCUT2D eigenvalue weighted by molar-refractivity contribution is 0.273. The van der Waals surface area contributed by atoms with E-state index in [2.05, 4.69) is 32.0 Å². The van der Waals surface area contributed by atoms with Gasteiger partial charge in [0.2, 0.25) is 0 Å². The second kappa shape index (κ2) is 6.60. The predicted octanol–water partition coefficient (Wildman–Crippen LogP) is 2.15. The van der Waals surface area contributed by atoms with E-state index in [4.69, 9.17) is 0 Å². The quantitative estimate of drug-likeness (QED) is 0.920. The number of hydrogen-bond donors (Lipinski definition) is 1. The first-order chi connectivity index (χ1) is 10.3. The number of fused-ring (bicyclic) bond motifs is 1. The zero-order chi connectivity index (χ0) is 14.7. The van der Waals surface area contributed by atoms with Crippen molar-refractivity contribution >= 4 is 11.6 Å². The van der Waals surface area contributed by atoms with Gasteiger partial charge < -0.3 is 10.2 Å². The molecule has 1 aromatic rings. The van der Waals surface area contributed by atoms with Crippen molar-refractivity contribution in [2.24, 2.45) is 0 Å². The maximum absolute atomic E-state index is 4.64. The molecule has 116 valence electrons. The molecule has 0 saturated carbocycles. The summed E-state index contributed by atoms with van der Waals surface area (Å²) in [6.07, 6.45) is 7.80. The third-order valence-corrected chi connectivity index (χ3v) is 4.76. The fourth-order valence-corrected chi connectivity index (χ4v) is 3.77. The Kier molecular flexibility index (Phi) is 4.58. The molecule has 2 aliphatic rings. The number of hydrogen-bond acceptors (Lipinski definition) is 5. The highest BCUT2D eigenvalue weighted by Gasteiger charge is 2.30. The smallest absolute Gasteiger partial charge is 0.137 e. The Morgan fingerprint density at radius 3 is 2.90 bits per heavy atom. The second-order valence-electron chi connectivity index (χ2n) is 6.16. The molecule has 2 fully saturated rings. The summed E-state index contributed by atoms with van der Waals surface area (Å²) in [5.74, 6) is 2.15. The summed E-state index contributed by atoms with van der Waals surface area (Å²) in [5.41, 5.74) is 1.29. The van der Waals surface area contributed by atoms with E-state index in [1.165, 1.54) is 37.9 Å². The largest absolute Gasteiger partial charge is 0.373 e. The molecule has 3 heterocycles. The number of nitrogens with one attached hydrogen (secondary N) is 1. The summed E-state index contributed by atoms with van der Waals surface area (Å²) in [6, 6.07) is 0.718. The highest BCUT2D eigenvalue weighted by molar-refractivity contribution is 5.58. The lowest BCUT2D eigenvalue weighted by Crippen LogP contribution is -2.37. The van der Waals surface area contributed by atoms with Crippen LogP contribution in [0.5, 0.6) is 0 Å². The first-order valence-electron chi connectivity index (χ1n) is 8.34. The van der Waals surface area contributed by atoms with Gasteiger partial charge in [-0.15, -0.1) is 0 Å². The van der Waals surface area contributed by atoms with E-state index in [0.29, 0.717) is 0 Å². The Balaban J connectivity index is 1.87. The average molecular weight is 289 g/mol. The molecule has 1 atom stereocenters. The van der Waals surface area contributed by atoms with E-state index in [0.717, 1.165) is 43.6 Å². The summed E-state index contributed by atoms with van der Waals surface area (Å²) >= 11 is 0. The minimum absolute atomic E-state index is 0.718. The molecule has 0 aromatic carbocycles. The van der Waals surface area contributed by atoms with Gasteiger partial charge in [-0.3, -0.25) is 4.90 Å². The predicted molar refractivity (Wildman–Crippen MR) is 87.0 cm³/mol. The number of nitrogens with zero attached hydrogens (tertiary/aromatic N) is 4. The van der Waals surface area contributed by atoms with Crippen LogP contribution in [0.1, 0.15) is 38.2 Å². The number of aromatic nitrogens is 2. The molecule has 5 nitrogen and oxygen atoms in total. The second-order valence-corrected chi connectivity index (χ2v) is 6.16. The summed E-state index contributed by atoms with van der Waals surface area (Å²) in [5, 5.41) is 3.23. The van der Waals surface area contributed by atoms with Gasteiger partial charge in [-0.2, -0.15) is 0 Å². The summed E-state index contributed by atoms with van der Waals surface area (Å²) in [7, 11) is 1.95. The van der Waals surface area contributed by atoms with Gasteiger partial charge in [0.15, 0.2) is 0 Å². The van der Waals surface area contributed by atoms with Gasteiger partial charge in [0.05, 0.1) is 0 Å². The average Bonchev–Trinajstić information content (AvgIpc) is 2.85. The third kappa shape index (κ3) is 2.98. The molecule has 21 heavy (non-hydrogen) atoms. The number of anilines is 2. The Bertz CT molecular complexity index is 476. The van der Waals surface area contributed by atoms with Crippen molar-refractivity contribution in [3.05, 3.63) is 11.9 Å². The minimum Gasteiger partial charge on any atom is -0.373 e. The SMILES string of the molecule is CCCc1c(NC)ncnc1N1CCCN2CCCC2C1. The van der Waals surface area contributed by atoms with Crippen LogP contribution in [0.3, 0.4) is 0 Å². The summed E-state index contributed by atoms with van der Waals surface area (Å²) < 4.78 is 0. The normalized spacial score (nSPS) is 23.0. The van der Waals surface area contributed by atoms with Crippen LogP contribution in [-0.4, -0.2) is 54.1 Å². The molecule has 2 saturated heterocycles. The molecular formula is C16H27N5. The molecule has 0 aliphatic carbocycles. The van der Waals surface area contributed by atoms with Crippen molar-refractivity contribution in [1.29, 1.82) is 0 Å². The van der Waals surface area contributed by atoms with E-state index in [9.17, 15) is 0 Å². The zero-order valence-electron chi connectivity index (χ0n) is 13.3. The molecule has 0 spiro atoms. The van der Waals surface area contributed by atoms with Gasteiger partial charge in [0, 0.05) is 38.3 Å². The van der Waals surface area contributed by atoms with Crippen LogP contribution in [0.2, 0.25) is 0 Å².